The Morgan fingerprint density at radius 2 is 2.06 bits per heavy atom. The highest BCUT2D eigenvalue weighted by atomic mass is 19.4. The van der Waals surface area contributed by atoms with Gasteiger partial charge in [-0.25, -0.2) is 9.78 Å². The predicted octanol–water partition coefficient (Wildman–Crippen LogP) is 2.23. The third kappa shape index (κ3) is 6.80. The summed E-state index contributed by atoms with van der Waals surface area (Å²) in [5, 5.41) is 10.2. The van der Waals surface area contributed by atoms with E-state index in [0.717, 1.165) is 44.6 Å². The number of carboxylic acid groups (broad SMARTS) is 1. The molecule has 1 aliphatic carbocycles. The quantitative estimate of drug-likeness (QED) is 0.673. The maximum atomic E-state index is 12.3. The summed E-state index contributed by atoms with van der Waals surface area (Å²) in [5.41, 5.74) is 1.10. The molecular weight excluding hydrogens is 431 g/mol. The summed E-state index contributed by atoms with van der Waals surface area (Å²) in [4.78, 5) is 27.8. The van der Waals surface area contributed by atoms with Crippen molar-refractivity contribution in [3.8, 4) is 5.88 Å². The van der Waals surface area contributed by atoms with Crippen LogP contribution in [0.4, 0.5) is 13.2 Å². The molecule has 2 aliphatic heterocycles. The largest absolute Gasteiger partial charge is 0.490 e. The highest BCUT2D eigenvalue weighted by molar-refractivity contribution is 5.81. The Hall–Kier alpha value is -2.40. The minimum Gasteiger partial charge on any atom is -0.481 e. The lowest BCUT2D eigenvalue weighted by atomic mass is 9.91. The Bertz CT molecular complexity index is 803. The van der Waals surface area contributed by atoms with Crippen LogP contribution in [-0.4, -0.2) is 72.0 Å². The minimum atomic E-state index is -5.08. The van der Waals surface area contributed by atoms with Gasteiger partial charge in [-0.1, -0.05) is 6.07 Å². The smallest absolute Gasteiger partial charge is 0.481 e. The second-order valence-electron chi connectivity index (χ2n) is 8.35. The van der Waals surface area contributed by atoms with Crippen LogP contribution in [0.5, 0.6) is 5.88 Å². The highest BCUT2D eigenvalue weighted by Gasteiger charge is 2.42. The number of amides is 1. The van der Waals surface area contributed by atoms with E-state index in [1.807, 2.05) is 6.07 Å². The first-order valence-corrected chi connectivity index (χ1v) is 10.6. The Labute approximate surface area is 184 Å². The molecular formula is C21H28F3N3O5. The molecule has 1 amide bonds. The molecule has 1 saturated carbocycles. The number of nitrogens with zero attached hydrogens (tertiary/aromatic N) is 2. The van der Waals surface area contributed by atoms with Crippen molar-refractivity contribution in [3.63, 3.8) is 0 Å². The Morgan fingerprint density at radius 3 is 2.69 bits per heavy atom. The molecule has 3 fully saturated rings. The fourth-order valence-corrected chi connectivity index (χ4v) is 3.96. The van der Waals surface area contributed by atoms with Crippen molar-refractivity contribution in [3.05, 3.63) is 23.9 Å². The van der Waals surface area contributed by atoms with Gasteiger partial charge in [0.2, 0.25) is 11.8 Å². The van der Waals surface area contributed by atoms with Crippen molar-refractivity contribution in [2.45, 2.75) is 50.6 Å². The molecule has 1 aromatic rings. The summed E-state index contributed by atoms with van der Waals surface area (Å²) >= 11 is 0. The Morgan fingerprint density at radius 1 is 1.34 bits per heavy atom. The van der Waals surface area contributed by atoms with Gasteiger partial charge in [0, 0.05) is 31.4 Å². The molecule has 8 nitrogen and oxygen atoms in total. The number of carbonyl (C=O) groups excluding carboxylic acids is 1. The number of aliphatic carboxylic acids is 1. The Kier molecular flexibility index (Phi) is 7.94. The zero-order valence-corrected chi connectivity index (χ0v) is 17.8. The lowest BCUT2D eigenvalue weighted by molar-refractivity contribution is -0.192. The van der Waals surface area contributed by atoms with Gasteiger partial charge in [0.25, 0.3) is 0 Å². The molecule has 4 rings (SSSR count). The number of carbonyl (C=O) groups is 2. The zero-order chi connectivity index (χ0) is 23.3. The number of halogens is 3. The van der Waals surface area contributed by atoms with Crippen LogP contribution in [0.2, 0.25) is 0 Å². The minimum absolute atomic E-state index is 0.0850. The van der Waals surface area contributed by atoms with Crippen LogP contribution < -0.4 is 10.1 Å². The van der Waals surface area contributed by atoms with Crippen LogP contribution >= 0.6 is 0 Å². The summed E-state index contributed by atoms with van der Waals surface area (Å²) in [7, 11) is 1.66. The number of pyridine rings is 1. The summed E-state index contributed by atoms with van der Waals surface area (Å²) in [5.74, 6) is -0.773. The molecule has 0 spiro atoms. The average molecular weight is 459 g/mol. The van der Waals surface area contributed by atoms with E-state index in [0.29, 0.717) is 17.7 Å². The van der Waals surface area contributed by atoms with E-state index in [4.69, 9.17) is 19.4 Å². The lowest BCUT2D eigenvalue weighted by Crippen LogP contribution is -2.42. The number of nitrogens with one attached hydrogen (secondary N) is 1. The van der Waals surface area contributed by atoms with E-state index < -0.39 is 12.1 Å². The molecule has 3 aliphatic rings. The molecule has 0 bridgehead atoms. The van der Waals surface area contributed by atoms with Crippen LogP contribution in [-0.2, 0) is 20.9 Å². The number of alkyl halides is 3. The predicted molar refractivity (Wildman–Crippen MR) is 107 cm³/mol. The molecule has 11 heteroatoms. The molecule has 2 saturated heterocycles. The van der Waals surface area contributed by atoms with Crippen LogP contribution in [0.25, 0.3) is 0 Å². The number of hydrogen-bond acceptors (Lipinski definition) is 6. The standard InChI is InChI=1S/C19H27N3O3.C2HF3O2/c1-24-19-15(3-2-7-20-19)11-22-8-6-14-9-16(25-17(14)12-22)18(23)21-10-13-4-5-13;3-2(4,5)1(6)7/h2-3,7,13-14,16-17H,4-6,8-12H2,1H3,(H,21,23);(H,6,7)/t14-,16-,17+;/m0./s1. The molecule has 0 aromatic carbocycles. The monoisotopic (exact) mass is 459 g/mol. The first-order chi connectivity index (χ1) is 15.2. The molecule has 2 N–H and O–H groups in total. The van der Waals surface area contributed by atoms with Crippen molar-refractivity contribution in [1.29, 1.82) is 0 Å². The highest BCUT2D eigenvalue weighted by Crippen LogP contribution is 2.34. The van der Waals surface area contributed by atoms with E-state index in [1.54, 1.807) is 13.3 Å². The van der Waals surface area contributed by atoms with Gasteiger partial charge in [-0.3, -0.25) is 9.69 Å². The van der Waals surface area contributed by atoms with Crippen molar-refractivity contribution in [2.75, 3.05) is 26.7 Å². The Balaban J connectivity index is 0.000000360. The summed E-state index contributed by atoms with van der Waals surface area (Å²) in [6.07, 6.45) is 1.02. The van der Waals surface area contributed by atoms with Crippen LogP contribution in [0.15, 0.2) is 18.3 Å². The zero-order valence-electron chi connectivity index (χ0n) is 17.8. The van der Waals surface area contributed by atoms with Crippen molar-refractivity contribution in [2.24, 2.45) is 11.8 Å². The normalized spacial score (nSPS) is 25.3. The molecule has 0 unspecified atom stereocenters. The van der Waals surface area contributed by atoms with E-state index >= 15 is 0 Å². The number of likely N-dealkylation sites (tertiary alicyclic amines) is 1. The molecule has 1 aromatic heterocycles. The van der Waals surface area contributed by atoms with Crippen molar-refractivity contribution < 1.29 is 37.3 Å². The number of piperidine rings is 1. The van der Waals surface area contributed by atoms with Gasteiger partial charge in [0.15, 0.2) is 0 Å². The fourth-order valence-electron chi connectivity index (χ4n) is 3.96. The topological polar surface area (TPSA) is 101 Å². The first kappa shape index (κ1) is 24.2. The molecule has 0 radical (unpaired) electrons. The third-order valence-corrected chi connectivity index (χ3v) is 5.87. The van der Waals surface area contributed by atoms with Gasteiger partial charge in [-0.2, -0.15) is 13.2 Å². The molecule has 3 atom stereocenters. The van der Waals surface area contributed by atoms with Crippen molar-refractivity contribution in [1.82, 2.24) is 15.2 Å². The summed E-state index contributed by atoms with van der Waals surface area (Å²) < 4.78 is 43.2. The van der Waals surface area contributed by atoms with Gasteiger partial charge in [0.05, 0.1) is 13.2 Å². The average Bonchev–Trinajstić information content (AvgIpc) is 3.49. The van der Waals surface area contributed by atoms with E-state index in [-0.39, 0.29) is 18.1 Å². The number of methoxy groups -OCH3 is 1. The van der Waals surface area contributed by atoms with Gasteiger partial charge in [-0.15, -0.1) is 0 Å². The number of fused-ring (bicyclic) bond motifs is 1. The number of aromatic nitrogens is 1. The van der Waals surface area contributed by atoms with Gasteiger partial charge in [0.1, 0.15) is 6.10 Å². The molecule has 3 heterocycles. The van der Waals surface area contributed by atoms with Gasteiger partial charge >= 0.3 is 12.1 Å². The van der Waals surface area contributed by atoms with Gasteiger partial charge < -0.3 is 19.9 Å². The number of hydrogen-bond donors (Lipinski definition) is 2. The van der Waals surface area contributed by atoms with Crippen LogP contribution in [0.1, 0.15) is 31.2 Å². The molecule has 178 valence electrons. The molecule has 32 heavy (non-hydrogen) atoms. The van der Waals surface area contributed by atoms with Crippen LogP contribution in [0, 0.1) is 11.8 Å². The second kappa shape index (κ2) is 10.5. The first-order valence-electron chi connectivity index (χ1n) is 10.6. The summed E-state index contributed by atoms with van der Waals surface area (Å²) in [6.45, 7) is 3.52. The second-order valence-corrected chi connectivity index (χ2v) is 8.35. The van der Waals surface area contributed by atoms with E-state index in [2.05, 4.69) is 21.3 Å². The number of ether oxygens (including phenoxy) is 2. The number of rotatable bonds is 6. The third-order valence-electron chi connectivity index (χ3n) is 5.87. The number of carboxylic acids is 1. The summed E-state index contributed by atoms with van der Waals surface area (Å²) in [6, 6.07) is 4.00. The van der Waals surface area contributed by atoms with Crippen molar-refractivity contribution >= 4 is 11.9 Å². The van der Waals surface area contributed by atoms with Gasteiger partial charge in [-0.05, 0) is 50.1 Å². The van der Waals surface area contributed by atoms with E-state index in [9.17, 15) is 18.0 Å². The van der Waals surface area contributed by atoms with E-state index in [1.165, 1.54) is 12.8 Å². The maximum absolute atomic E-state index is 12.3. The lowest BCUT2D eigenvalue weighted by Gasteiger charge is -2.34. The fraction of sp³-hybridized carbons (Fsp3) is 0.667. The SMILES string of the molecule is COc1ncccc1CN1CC[C@H]2C[C@@H](C(=O)NCC3CC3)O[C@@H]2C1.O=C(O)C(F)(F)F. The van der Waals surface area contributed by atoms with Crippen LogP contribution in [0.3, 0.4) is 0 Å². The maximum Gasteiger partial charge on any atom is 0.490 e.